The molecule has 3 rings (SSSR count). The number of nitro benzene ring substituents is 1. The fraction of sp³-hybridized carbons (Fsp3) is 0.381. The van der Waals surface area contributed by atoms with Crippen LogP contribution in [-0.2, 0) is 14.8 Å². The van der Waals surface area contributed by atoms with Gasteiger partial charge in [-0.2, -0.15) is 4.31 Å². The summed E-state index contributed by atoms with van der Waals surface area (Å²) < 4.78 is 32.5. The molecule has 1 aliphatic rings. The molecule has 0 N–H and O–H groups in total. The zero-order chi connectivity index (χ0) is 22.4. The Morgan fingerprint density at radius 2 is 1.71 bits per heavy atom. The van der Waals surface area contributed by atoms with Crippen LogP contribution < -0.4 is 4.74 Å². The van der Waals surface area contributed by atoms with Gasteiger partial charge in [-0.25, -0.2) is 8.42 Å². The summed E-state index contributed by atoms with van der Waals surface area (Å²) in [5.41, 5.74) is 0.875. The Labute approximate surface area is 181 Å². The van der Waals surface area contributed by atoms with E-state index in [9.17, 15) is 23.3 Å². The van der Waals surface area contributed by atoms with Gasteiger partial charge < -0.3 is 9.64 Å². The second-order valence-electron chi connectivity index (χ2n) is 7.25. The minimum absolute atomic E-state index is 0.00577. The smallest absolute Gasteiger partial charge is 0.269 e. The lowest BCUT2D eigenvalue weighted by Gasteiger charge is -2.34. The van der Waals surface area contributed by atoms with Gasteiger partial charge in [0.25, 0.3) is 5.69 Å². The monoisotopic (exact) mass is 447 g/mol. The van der Waals surface area contributed by atoms with Crippen molar-refractivity contribution in [3.8, 4) is 5.75 Å². The van der Waals surface area contributed by atoms with Gasteiger partial charge in [-0.1, -0.05) is 18.2 Å². The molecule has 166 valence electrons. The van der Waals surface area contributed by atoms with Crippen LogP contribution in [0.3, 0.4) is 0 Å². The Morgan fingerprint density at radius 3 is 2.32 bits per heavy atom. The maximum absolute atomic E-state index is 12.8. The molecule has 10 heteroatoms. The van der Waals surface area contributed by atoms with E-state index in [2.05, 4.69) is 0 Å². The third kappa shape index (κ3) is 5.59. The molecule has 2 aromatic carbocycles. The van der Waals surface area contributed by atoms with Gasteiger partial charge >= 0.3 is 0 Å². The van der Waals surface area contributed by atoms with E-state index < -0.39 is 14.9 Å². The van der Waals surface area contributed by atoms with Crippen LogP contribution in [0.25, 0.3) is 0 Å². The van der Waals surface area contributed by atoms with Gasteiger partial charge in [0.15, 0.2) is 0 Å². The molecule has 0 aliphatic carbocycles. The molecule has 0 saturated carbocycles. The van der Waals surface area contributed by atoms with Crippen LogP contribution in [-0.4, -0.2) is 61.2 Å². The second-order valence-corrected chi connectivity index (χ2v) is 9.19. The van der Waals surface area contributed by atoms with Crippen LogP contribution in [0.1, 0.15) is 18.4 Å². The molecule has 1 amide bonds. The Kier molecular flexibility index (Phi) is 7.24. The summed E-state index contributed by atoms with van der Waals surface area (Å²) in [6.07, 6.45) is 0.912. The Bertz CT molecular complexity index is 1030. The van der Waals surface area contributed by atoms with Crippen LogP contribution in [0.15, 0.2) is 53.4 Å². The molecular formula is C21H25N3O6S. The number of ether oxygens (including phenoxy) is 1. The van der Waals surface area contributed by atoms with E-state index in [4.69, 9.17) is 4.74 Å². The summed E-state index contributed by atoms with van der Waals surface area (Å²) in [4.78, 5) is 24.3. The predicted molar refractivity (Wildman–Crippen MR) is 114 cm³/mol. The normalized spacial score (nSPS) is 14.9. The first kappa shape index (κ1) is 22.7. The molecule has 0 spiro atoms. The van der Waals surface area contributed by atoms with Crippen LogP contribution in [0.2, 0.25) is 0 Å². The average Bonchev–Trinajstić information content (AvgIpc) is 2.77. The molecule has 1 heterocycles. The van der Waals surface area contributed by atoms with Gasteiger partial charge in [0.05, 0.1) is 16.4 Å². The number of amides is 1. The number of hydrogen-bond donors (Lipinski definition) is 0. The van der Waals surface area contributed by atoms with Crippen molar-refractivity contribution >= 4 is 21.6 Å². The number of sulfonamides is 1. The summed E-state index contributed by atoms with van der Waals surface area (Å²) in [6.45, 7) is 3.39. The maximum Gasteiger partial charge on any atom is 0.269 e. The Morgan fingerprint density at radius 1 is 1.06 bits per heavy atom. The van der Waals surface area contributed by atoms with Crippen LogP contribution in [0.4, 0.5) is 5.69 Å². The number of benzene rings is 2. The fourth-order valence-electron chi connectivity index (χ4n) is 3.35. The van der Waals surface area contributed by atoms with Crippen molar-refractivity contribution in [1.82, 2.24) is 9.21 Å². The van der Waals surface area contributed by atoms with Crippen molar-refractivity contribution in [3.05, 3.63) is 64.2 Å². The van der Waals surface area contributed by atoms with Gasteiger partial charge in [-0.3, -0.25) is 14.9 Å². The van der Waals surface area contributed by atoms with Crippen molar-refractivity contribution in [2.24, 2.45) is 0 Å². The number of non-ortho nitro benzene ring substituents is 1. The molecule has 0 atom stereocenters. The van der Waals surface area contributed by atoms with Gasteiger partial charge in [-0.05, 0) is 37.1 Å². The highest BCUT2D eigenvalue weighted by atomic mass is 32.2. The summed E-state index contributed by atoms with van der Waals surface area (Å²) in [5.74, 6) is 0.779. The topological polar surface area (TPSA) is 110 Å². The molecule has 0 unspecified atom stereocenters. The van der Waals surface area contributed by atoms with Crippen molar-refractivity contribution < 1.29 is 22.9 Å². The number of rotatable bonds is 8. The van der Waals surface area contributed by atoms with Crippen molar-refractivity contribution in [1.29, 1.82) is 0 Å². The fourth-order valence-corrected chi connectivity index (χ4v) is 4.77. The molecule has 1 aliphatic heterocycles. The second kappa shape index (κ2) is 9.88. The number of piperazine rings is 1. The van der Waals surface area contributed by atoms with Gasteiger partial charge in [0.2, 0.25) is 15.9 Å². The van der Waals surface area contributed by atoms with E-state index in [1.165, 1.54) is 28.6 Å². The highest BCUT2D eigenvalue weighted by Crippen LogP contribution is 2.21. The van der Waals surface area contributed by atoms with E-state index in [0.29, 0.717) is 32.5 Å². The molecular weight excluding hydrogens is 422 g/mol. The number of nitro groups is 1. The zero-order valence-corrected chi connectivity index (χ0v) is 18.1. The van der Waals surface area contributed by atoms with Crippen molar-refractivity contribution in [2.45, 2.75) is 24.7 Å². The van der Waals surface area contributed by atoms with E-state index >= 15 is 0 Å². The van der Waals surface area contributed by atoms with Gasteiger partial charge in [0, 0.05) is 44.7 Å². The largest absolute Gasteiger partial charge is 0.493 e. The summed E-state index contributed by atoms with van der Waals surface area (Å²) in [6, 6.07) is 12.5. The zero-order valence-electron chi connectivity index (χ0n) is 17.3. The predicted octanol–water partition coefficient (Wildman–Crippen LogP) is 2.60. The summed E-state index contributed by atoms with van der Waals surface area (Å²) in [7, 11) is -3.76. The molecule has 0 radical (unpaired) electrons. The number of aryl methyl sites for hydroxylation is 1. The standard InChI is InChI=1S/C21H25N3O6S/c1-17-5-2-3-6-20(17)30-16-4-7-21(25)22-12-14-23(15-13-22)31(28,29)19-10-8-18(9-11-19)24(26)27/h2-3,5-6,8-11H,4,7,12-16H2,1H3. The lowest BCUT2D eigenvalue weighted by Crippen LogP contribution is -2.50. The highest BCUT2D eigenvalue weighted by Gasteiger charge is 2.30. The Balaban J connectivity index is 1.46. The first-order valence-electron chi connectivity index (χ1n) is 10.00. The number of carbonyl (C=O) groups is 1. The van der Waals surface area contributed by atoms with Crippen LogP contribution >= 0.6 is 0 Å². The number of hydrogen-bond acceptors (Lipinski definition) is 6. The molecule has 0 aromatic heterocycles. The number of nitrogens with zero attached hydrogens (tertiary/aromatic N) is 3. The SMILES string of the molecule is Cc1ccccc1OCCCC(=O)N1CCN(S(=O)(=O)c2ccc([N+](=O)[O-])cc2)CC1. The molecule has 1 saturated heterocycles. The summed E-state index contributed by atoms with van der Waals surface area (Å²) in [5, 5.41) is 10.7. The maximum atomic E-state index is 12.8. The van der Waals surface area contributed by atoms with Gasteiger partial charge in [0.1, 0.15) is 5.75 Å². The highest BCUT2D eigenvalue weighted by molar-refractivity contribution is 7.89. The van der Waals surface area contributed by atoms with Gasteiger partial charge in [-0.15, -0.1) is 0 Å². The molecule has 0 bridgehead atoms. The first-order valence-corrected chi connectivity index (χ1v) is 11.4. The van der Waals surface area contributed by atoms with E-state index in [-0.39, 0.29) is 29.6 Å². The lowest BCUT2D eigenvalue weighted by atomic mass is 10.2. The lowest BCUT2D eigenvalue weighted by molar-refractivity contribution is -0.384. The minimum atomic E-state index is -3.76. The van der Waals surface area contributed by atoms with E-state index in [0.717, 1.165) is 11.3 Å². The number of para-hydroxylation sites is 1. The average molecular weight is 448 g/mol. The summed E-state index contributed by atoms with van der Waals surface area (Å²) >= 11 is 0. The third-order valence-electron chi connectivity index (χ3n) is 5.16. The quantitative estimate of drug-likeness (QED) is 0.349. The van der Waals surface area contributed by atoms with E-state index in [1.54, 1.807) is 4.90 Å². The van der Waals surface area contributed by atoms with E-state index in [1.807, 2.05) is 31.2 Å². The third-order valence-corrected chi connectivity index (χ3v) is 7.08. The van der Waals surface area contributed by atoms with Crippen molar-refractivity contribution in [3.63, 3.8) is 0 Å². The molecule has 9 nitrogen and oxygen atoms in total. The van der Waals surface area contributed by atoms with Crippen LogP contribution in [0.5, 0.6) is 5.75 Å². The minimum Gasteiger partial charge on any atom is -0.493 e. The van der Waals surface area contributed by atoms with Crippen LogP contribution in [0, 0.1) is 17.0 Å². The first-order chi connectivity index (χ1) is 14.8. The molecule has 31 heavy (non-hydrogen) atoms. The molecule has 1 fully saturated rings. The number of carbonyl (C=O) groups excluding carboxylic acids is 1. The Hall–Kier alpha value is -2.98. The van der Waals surface area contributed by atoms with Crippen molar-refractivity contribution in [2.75, 3.05) is 32.8 Å². The molecule has 2 aromatic rings.